The second-order valence-electron chi connectivity index (χ2n) is 7.81. The average molecular weight is 578 g/mol. The molecule has 0 saturated carbocycles. The SMILES string of the molecule is COc1nccc(Sc2nc(CO)c(N3CCC4(CC3)CO[C@@H](I)[C@H]4N)nc2C)c1Cl. The highest BCUT2D eigenvalue weighted by Gasteiger charge is 2.48. The zero-order chi connectivity index (χ0) is 22.2. The summed E-state index contributed by atoms with van der Waals surface area (Å²) in [5, 5.41) is 11.1. The standard InChI is InChI=1S/C20H25ClIN5O3S/c1-11-19(31-13-3-6-24-18(29-2)14(13)21)26-12(9-28)17(25-11)27-7-4-20(5-8-27)10-30-16(22)15(20)23/h3,6,15-16,28H,4-5,7-10,23H2,1-2H3/t15-,16-/m1/s1. The van der Waals surface area contributed by atoms with Crippen LogP contribution in [-0.2, 0) is 11.3 Å². The average Bonchev–Trinajstić information content (AvgIpc) is 3.05. The number of piperidine rings is 1. The number of nitrogens with zero attached hydrogens (tertiary/aromatic N) is 4. The summed E-state index contributed by atoms with van der Waals surface area (Å²) in [4.78, 5) is 16.6. The Hall–Kier alpha value is -0.920. The number of halogens is 2. The first-order valence-electron chi connectivity index (χ1n) is 9.99. The molecule has 0 radical (unpaired) electrons. The Labute approximate surface area is 204 Å². The van der Waals surface area contributed by atoms with Crippen LogP contribution in [0.25, 0.3) is 0 Å². The van der Waals surface area contributed by atoms with Crippen molar-refractivity contribution < 1.29 is 14.6 Å². The maximum absolute atomic E-state index is 10.0. The molecule has 2 atom stereocenters. The van der Waals surface area contributed by atoms with Crippen LogP contribution in [0.3, 0.4) is 0 Å². The molecule has 8 nitrogen and oxygen atoms in total. The van der Waals surface area contributed by atoms with Gasteiger partial charge in [-0.3, -0.25) is 0 Å². The van der Waals surface area contributed by atoms with Crippen LogP contribution in [0.15, 0.2) is 22.2 Å². The number of alkyl halides is 1. The number of aliphatic hydroxyl groups excluding tert-OH is 1. The highest BCUT2D eigenvalue weighted by atomic mass is 127. The highest BCUT2D eigenvalue weighted by molar-refractivity contribution is 14.1. The lowest BCUT2D eigenvalue weighted by Gasteiger charge is -2.41. The summed E-state index contributed by atoms with van der Waals surface area (Å²) < 4.78 is 11.1. The molecule has 0 unspecified atom stereocenters. The summed E-state index contributed by atoms with van der Waals surface area (Å²) in [5.41, 5.74) is 7.79. The number of hydrogen-bond donors (Lipinski definition) is 2. The topological polar surface area (TPSA) is 107 Å². The molecule has 11 heteroatoms. The molecule has 4 heterocycles. The summed E-state index contributed by atoms with van der Waals surface area (Å²) in [6, 6.07) is 1.85. The second kappa shape index (κ2) is 9.52. The molecule has 3 N–H and O–H groups in total. The predicted octanol–water partition coefficient (Wildman–Crippen LogP) is 3.19. The molecule has 0 aromatic carbocycles. The molecule has 1 spiro atoms. The van der Waals surface area contributed by atoms with Crippen molar-refractivity contribution in [2.45, 2.75) is 46.4 Å². The fourth-order valence-corrected chi connectivity index (χ4v) is 6.19. The van der Waals surface area contributed by atoms with Gasteiger partial charge in [-0.2, -0.15) is 0 Å². The number of pyridine rings is 1. The number of anilines is 1. The Morgan fingerprint density at radius 1 is 1.42 bits per heavy atom. The van der Waals surface area contributed by atoms with Crippen LogP contribution in [0.1, 0.15) is 24.2 Å². The largest absolute Gasteiger partial charge is 0.480 e. The number of ether oxygens (including phenoxy) is 2. The Morgan fingerprint density at radius 2 is 2.16 bits per heavy atom. The summed E-state index contributed by atoms with van der Waals surface area (Å²) >= 11 is 10.0. The molecule has 0 amide bonds. The summed E-state index contributed by atoms with van der Waals surface area (Å²) in [7, 11) is 1.53. The van der Waals surface area contributed by atoms with Crippen molar-refractivity contribution in [1.29, 1.82) is 0 Å². The van der Waals surface area contributed by atoms with Gasteiger partial charge in [0.1, 0.15) is 19.9 Å². The molecular formula is C20H25ClIN5O3S. The first kappa shape index (κ1) is 23.2. The minimum atomic E-state index is -0.191. The Bertz CT molecular complexity index is 961. The van der Waals surface area contributed by atoms with Gasteiger partial charge in [-0.25, -0.2) is 15.0 Å². The Morgan fingerprint density at radius 3 is 2.77 bits per heavy atom. The molecule has 168 valence electrons. The first-order chi connectivity index (χ1) is 14.9. The third-order valence-corrected chi connectivity index (χ3v) is 8.78. The van der Waals surface area contributed by atoms with Gasteiger partial charge in [-0.05, 0) is 48.4 Å². The number of rotatable bonds is 5. The zero-order valence-corrected chi connectivity index (χ0v) is 21.1. The summed E-state index contributed by atoms with van der Waals surface area (Å²) in [6.07, 6.45) is 3.50. The van der Waals surface area contributed by atoms with Crippen molar-refractivity contribution in [3.05, 3.63) is 28.7 Å². The second-order valence-corrected chi connectivity index (χ2v) is 10.5. The van der Waals surface area contributed by atoms with E-state index in [0.717, 1.165) is 42.3 Å². The smallest absolute Gasteiger partial charge is 0.233 e. The van der Waals surface area contributed by atoms with Gasteiger partial charge in [0.05, 0.1) is 26.0 Å². The van der Waals surface area contributed by atoms with Crippen LogP contribution in [0, 0.1) is 12.3 Å². The van der Waals surface area contributed by atoms with Crippen molar-refractivity contribution in [3.63, 3.8) is 0 Å². The molecule has 2 fully saturated rings. The number of nitrogens with two attached hydrogens (primary N) is 1. The van der Waals surface area contributed by atoms with Crippen molar-refractivity contribution in [2.24, 2.45) is 11.1 Å². The van der Waals surface area contributed by atoms with E-state index in [9.17, 15) is 5.11 Å². The number of hydrogen-bond acceptors (Lipinski definition) is 9. The molecule has 2 aliphatic rings. The maximum atomic E-state index is 10.0. The third-order valence-electron chi connectivity index (χ3n) is 6.03. The van der Waals surface area contributed by atoms with Crippen molar-refractivity contribution in [3.8, 4) is 5.88 Å². The summed E-state index contributed by atoms with van der Waals surface area (Å²) in [5.74, 6) is 1.09. The van der Waals surface area contributed by atoms with Gasteiger partial charge in [0.25, 0.3) is 0 Å². The lowest BCUT2D eigenvalue weighted by molar-refractivity contribution is 0.127. The van der Waals surface area contributed by atoms with Crippen LogP contribution < -0.4 is 15.4 Å². The van der Waals surface area contributed by atoms with E-state index < -0.39 is 0 Å². The monoisotopic (exact) mass is 577 g/mol. The Balaban J connectivity index is 1.55. The van der Waals surface area contributed by atoms with Crippen LogP contribution in [-0.4, -0.2) is 57.0 Å². The van der Waals surface area contributed by atoms with E-state index in [2.05, 4.69) is 32.5 Å². The van der Waals surface area contributed by atoms with E-state index in [1.54, 1.807) is 12.3 Å². The molecule has 4 rings (SSSR count). The van der Waals surface area contributed by atoms with Gasteiger partial charge in [0, 0.05) is 35.6 Å². The quantitative estimate of drug-likeness (QED) is 0.409. The summed E-state index contributed by atoms with van der Waals surface area (Å²) in [6.45, 7) is 4.05. The van der Waals surface area contributed by atoms with E-state index in [1.165, 1.54) is 18.9 Å². The minimum Gasteiger partial charge on any atom is -0.480 e. The number of aromatic nitrogens is 3. The molecular weight excluding hydrogens is 553 g/mol. The number of methoxy groups -OCH3 is 1. The van der Waals surface area contributed by atoms with E-state index in [4.69, 9.17) is 36.8 Å². The minimum absolute atomic E-state index is 0.0250. The normalized spacial score (nSPS) is 22.8. The van der Waals surface area contributed by atoms with Gasteiger partial charge in [0.15, 0.2) is 5.82 Å². The van der Waals surface area contributed by atoms with Gasteiger partial charge < -0.3 is 25.2 Å². The molecule has 31 heavy (non-hydrogen) atoms. The molecule has 2 aromatic heterocycles. The van der Waals surface area contributed by atoms with Crippen molar-refractivity contribution >= 4 is 51.8 Å². The van der Waals surface area contributed by atoms with Gasteiger partial charge in [-0.15, -0.1) is 0 Å². The fourth-order valence-electron chi connectivity index (χ4n) is 4.08. The van der Waals surface area contributed by atoms with Gasteiger partial charge in [-0.1, -0.05) is 23.4 Å². The van der Waals surface area contributed by atoms with Crippen LogP contribution in [0.2, 0.25) is 5.02 Å². The maximum Gasteiger partial charge on any atom is 0.233 e. The van der Waals surface area contributed by atoms with Gasteiger partial charge in [0.2, 0.25) is 5.88 Å². The van der Waals surface area contributed by atoms with Crippen LogP contribution in [0.5, 0.6) is 5.88 Å². The van der Waals surface area contributed by atoms with E-state index in [0.29, 0.717) is 28.2 Å². The zero-order valence-electron chi connectivity index (χ0n) is 17.3. The lowest BCUT2D eigenvalue weighted by Crippen LogP contribution is -2.50. The molecule has 2 aliphatic heterocycles. The first-order valence-corrected chi connectivity index (χ1v) is 12.4. The molecule has 0 bridgehead atoms. The highest BCUT2D eigenvalue weighted by Crippen LogP contribution is 2.44. The molecule has 2 aromatic rings. The fraction of sp³-hybridized carbons (Fsp3) is 0.550. The van der Waals surface area contributed by atoms with E-state index >= 15 is 0 Å². The van der Waals surface area contributed by atoms with Crippen molar-refractivity contribution in [2.75, 3.05) is 31.7 Å². The predicted molar refractivity (Wildman–Crippen MR) is 128 cm³/mol. The third kappa shape index (κ3) is 4.47. The van der Waals surface area contributed by atoms with Gasteiger partial charge >= 0.3 is 0 Å². The van der Waals surface area contributed by atoms with E-state index in [1.807, 2.05) is 6.92 Å². The Kier molecular flexibility index (Phi) is 7.14. The number of aliphatic hydroxyl groups is 1. The lowest BCUT2D eigenvalue weighted by atomic mass is 9.75. The molecule has 2 saturated heterocycles. The van der Waals surface area contributed by atoms with Crippen molar-refractivity contribution in [1.82, 2.24) is 15.0 Å². The molecule has 0 aliphatic carbocycles. The van der Waals surface area contributed by atoms with E-state index in [-0.39, 0.29) is 22.2 Å². The number of aryl methyl sites for hydroxylation is 1. The van der Waals surface area contributed by atoms with Crippen LogP contribution in [0.4, 0.5) is 5.82 Å². The van der Waals surface area contributed by atoms with Crippen LogP contribution >= 0.6 is 46.0 Å².